The Kier molecular flexibility index (Phi) is 6.60. The second kappa shape index (κ2) is 9.58. The van der Waals surface area contributed by atoms with Crippen molar-refractivity contribution >= 4 is 28.4 Å². The van der Waals surface area contributed by atoms with E-state index in [1.807, 2.05) is 44.2 Å². The highest BCUT2D eigenvalue weighted by Gasteiger charge is 2.19. The van der Waals surface area contributed by atoms with Gasteiger partial charge in [0.05, 0.1) is 22.5 Å². The second-order valence-electron chi connectivity index (χ2n) is 8.24. The molecule has 0 radical (unpaired) electrons. The van der Waals surface area contributed by atoms with Gasteiger partial charge in [-0.3, -0.25) is 9.59 Å². The molecule has 2 heterocycles. The van der Waals surface area contributed by atoms with Crippen LogP contribution in [0, 0.1) is 13.8 Å². The quantitative estimate of drug-likeness (QED) is 0.449. The molecule has 4 aromatic rings. The number of nitrogens with zero attached hydrogens (tertiary/aromatic N) is 4. The largest absolute Gasteiger partial charge is 0.352 e. The van der Waals surface area contributed by atoms with Gasteiger partial charge in [-0.05, 0) is 63.4 Å². The van der Waals surface area contributed by atoms with Crippen molar-refractivity contribution in [2.24, 2.45) is 0 Å². The first-order chi connectivity index (χ1) is 15.8. The molecule has 0 fully saturated rings. The number of aryl methyl sites for hydroxylation is 3. The molecule has 8 heteroatoms. The molecule has 2 aromatic heterocycles. The van der Waals surface area contributed by atoms with Gasteiger partial charge in [0, 0.05) is 11.1 Å². The molecule has 170 valence electrons. The highest BCUT2D eigenvalue weighted by atomic mass is 35.5. The summed E-state index contributed by atoms with van der Waals surface area (Å²) in [6, 6.07) is 17.3. The van der Waals surface area contributed by atoms with Crippen molar-refractivity contribution in [3.05, 3.63) is 86.9 Å². The molecular weight excluding hydrogens is 438 g/mol. The van der Waals surface area contributed by atoms with Gasteiger partial charge in [0.2, 0.25) is 5.91 Å². The minimum Gasteiger partial charge on any atom is -0.352 e. The summed E-state index contributed by atoms with van der Waals surface area (Å²) in [7, 11) is 0. The normalized spacial score (nSPS) is 12.1. The summed E-state index contributed by atoms with van der Waals surface area (Å²) in [4.78, 5) is 25.8. The number of benzene rings is 2. The SMILES string of the molecule is Cc1nn(CC(=O)N[C@H](C)CCc2ccccc2)c(=O)c2c(C)n(-c3ccc(Cl)cc3)nc12. The minimum absolute atomic E-state index is 0.0207. The van der Waals surface area contributed by atoms with E-state index in [9.17, 15) is 9.59 Å². The highest BCUT2D eigenvalue weighted by molar-refractivity contribution is 6.30. The summed E-state index contributed by atoms with van der Waals surface area (Å²) in [5.41, 5.74) is 3.49. The smallest absolute Gasteiger partial charge is 0.278 e. The number of nitrogens with one attached hydrogen (secondary N) is 1. The lowest BCUT2D eigenvalue weighted by molar-refractivity contribution is -0.122. The Bertz CT molecular complexity index is 1340. The Morgan fingerprint density at radius 2 is 1.76 bits per heavy atom. The molecule has 0 spiro atoms. The maximum Gasteiger partial charge on any atom is 0.278 e. The van der Waals surface area contributed by atoms with Gasteiger partial charge in [0.25, 0.3) is 5.56 Å². The molecule has 1 N–H and O–H groups in total. The lowest BCUT2D eigenvalue weighted by Gasteiger charge is -2.14. The third-order valence-corrected chi connectivity index (χ3v) is 5.91. The molecule has 0 unspecified atom stereocenters. The molecule has 0 saturated carbocycles. The average molecular weight is 464 g/mol. The minimum atomic E-state index is -0.333. The molecule has 2 aromatic carbocycles. The van der Waals surface area contributed by atoms with Crippen molar-refractivity contribution < 1.29 is 4.79 Å². The third-order valence-electron chi connectivity index (χ3n) is 5.66. The zero-order valence-electron chi connectivity index (χ0n) is 18.9. The Hall–Kier alpha value is -3.45. The summed E-state index contributed by atoms with van der Waals surface area (Å²) in [5, 5.41) is 13.0. The Morgan fingerprint density at radius 3 is 2.45 bits per heavy atom. The van der Waals surface area contributed by atoms with Gasteiger partial charge in [-0.2, -0.15) is 10.2 Å². The van der Waals surface area contributed by atoms with Crippen LogP contribution in [0.3, 0.4) is 0 Å². The zero-order chi connectivity index (χ0) is 23.5. The Morgan fingerprint density at radius 1 is 1.06 bits per heavy atom. The van der Waals surface area contributed by atoms with Crippen LogP contribution in [0.25, 0.3) is 16.6 Å². The summed E-state index contributed by atoms with van der Waals surface area (Å²) in [6.45, 7) is 5.45. The predicted molar refractivity (Wildman–Crippen MR) is 130 cm³/mol. The first-order valence-electron chi connectivity index (χ1n) is 10.9. The number of carbonyl (C=O) groups is 1. The predicted octanol–water partition coefficient (Wildman–Crippen LogP) is 3.99. The van der Waals surface area contributed by atoms with Crippen LogP contribution in [0.5, 0.6) is 0 Å². The number of amides is 1. The maximum absolute atomic E-state index is 13.2. The molecule has 0 aliphatic carbocycles. The summed E-state index contributed by atoms with van der Waals surface area (Å²) >= 11 is 5.99. The lowest BCUT2D eigenvalue weighted by Crippen LogP contribution is -2.38. The van der Waals surface area contributed by atoms with Crippen LogP contribution in [-0.2, 0) is 17.8 Å². The van der Waals surface area contributed by atoms with Crippen molar-refractivity contribution in [2.75, 3.05) is 0 Å². The summed E-state index contributed by atoms with van der Waals surface area (Å²) in [6.07, 6.45) is 1.68. The van der Waals surface area contributed by atoms with E-state index in [2.05, 4.69) is 27.6 Å². The second-order valence-corrected chi connectivity index (χ2v) is 8.67. The molecule has 1 amide bonds. The fourth-order valence-electron chi connectivity index (χ4n) is 3.91. The van der Waals surface area contributed by atoms with Gasteiger partial charge in [-0.15, -0.1) is 0 Å². The summed E-state index contributed by atoms with van der Waals surface area (Å²) < 4.78 is 2.92. The van der Waals surface area contributed by atoms with E-state index in [0.717, 1.165) is 18.5 Å². The number of fused-ring (bicyclic) bond motifs is 1. The van der Waals surface area contributed by atoms with Crippen LogP contribution in [0.1, 0.15) is 30.3 Å². The van der Waals surface area contributed by atoms with E-state index in [4.69, 9.17) is 11.6 Å². The number of halogens is 1. The molecular formula is C25H26ClN5O2. The van der Waals surface area contributed by atoms with Crippen LogP contribution >= 0.6 is 11.6 Å². The third kappa shape index (κ3) is 4.98. The maximum atomic E-state index is 13.2. The van der Waals surface area contributed by atoms with Crippen molar-refractivity contribution in [2.45, 2.75) is 46.2 Å². The molecule has 0 aliphatic rings. The standard InChI is InChI=1S/C25H26ClN5O2/c1-16(9-10-19-7-5-4-6-8-19)27-22(32)15-30-25(33)23-18(3)31(29-24(23)17(2)28-30)21-13-11-20(26)12-14-21/h4-8,11-14,16H,9-10,15H2,1-3H3,(H,27,32)/t16-/m1/s1. The van der Waals surface area contributed by atoms with Gasteiger partial charge in [0.1, 0.15) is 12.1 Å². The monoisotopic (exact) mass is 463 g/mol. The van der Waals surface area contributed by atoms with Crippen molar-refractivity contribution in [3.8, 4) is 5.69 Å². The van der Waals surface area contributed by atoms with Crippen LogP contribution in [0.15, 0.2) is 59.4 Å². The summed E-state index contributed by atoms with van der Waals surface area (Å²) in [5.74, 6) is -0.244. The topological polar surface area (TPSA) is 81.8 Å². The van der Waals surface area contributed by atoms with Crippen LogP contribution in [0.4, 0.5) is 0 Å². The van der Waals surface area contributed by atoms with Gasteiger partial charge >= 0.3 is 0 Å². The van der Waals surface area contributed by atoms with Crippen LogP contribution < -0.4 is 10.9 Å². The first kappa shape index (κ1) is 22.7. The van der Waals surface area contributed by atoms with E-state index in [1.54, 1.807) is 23.7 Å². The van der Waals surface area contributed by atoms with Crippen molar-refractivity contribution in [3.63, 3.8) is 0 Å². The molecule has 0 saturated heterocycles. The van der Waals surface area contributed by atoms with Gasteiger partial charge in [-0.25, -0.2) is 9.36 Å². The van der Waals surface area contributed by atoms with Gasteiger partial charge < -0.3 is 5.32 Å². The molecule has 7 nitrogen and oxygen atoms in total. The zero-order valence-corrected chi connectivity index (χ0v) is 19.6. The lowest BCUT2D eigenvalue weighted by atomic mass is 10.1. The van der Waals surface area contributed by atoms with E-state index >= 15 is 0 Å². The number of hydrogen-bond donors (Lipinski definition) is 1. The molecule has 1 atom stereocenters. The molecule has 0 bridgehead atoms. The van der Waals surface area contributed by atoms with E-state index in [-0.39, 0.29) is 24.1 Å². The van der Waals surface area contributed by atoms with Crippen molar-refractivity contribution in [1.29, 1.82) is 0 Å². The van der Waals surface area contributed by atoms with Crippen molar-refractivity contribution in [1.82, 2.24) is 24.9 Å². The van der Waals surface area contributed by atoms with E-state index < -0.39 is 0 Å². The van der Waals surface area contributed by atoms with Gasteiger partial charge in [-0.1, -0.05) is 41.9 Å². The molecule has 0 aliphatic heterocycles. The first-order valence-corrected chi connectivity index (χ1v) is 11.3. The van der Waals surface area contributed by atoms with Gasteiger partial charge in [0.15, 0.2) is 0 Å². The fourth-order valence-corrected chi connectivity index (χ4v) is 4.04. The fraction of sp³-hybridized carbons (Fsp3) is 0.280. The number of rotatable bonds is 7. The molecule has 33 heavy (non-hydrogen) atoms. The van der Waals surface area contributed by atoms with Crippen LogP contribution in [0.2, 0.25) is 5.02 Å². The van der Waals surface area contributed by atoms with E-state index in [0.29, 0.717) is 27.3 Å². The highest BCUT2D eigenvalue weighted by Crippen LogP contribution is 2.21. The Balaban J connectivity index is 1.52. The number of aromatic nitrogens is 4. The average Bonchev–Trinajstić information content (AvgIpc) is 3.15. The van der Waals surface area contributed by atoms with Crippen LogP contribution in [-0.4, -0.2) is 31.5 Å². The molecule has 4 rings (SSSR count). The number of carbonyl (C=O) groups excluding carboxylic acids is 1. The Labute approximate surface area is 197 Å². The van der Waals surface area contributed by atoms with E-state index in [1.165, 1.54) is 10.2 Å². The number of hydrogen-bond acceptors (Lipinski definition) is 4.